The first-order chi connectivity index (χ1) is 9.08. The van der Waals surface area contributed by atoms with Gasteiger partial charge >= 0.3 is 5.69 Å². The van der Waals surface area contributed by atoms with Gasteiger partial charge in [0, 0.05) is 20.3 Å². The highest BCUT2D eigenvalue weighted by Crippen LogP contribution is 2.49. The maximum absolute atomic E-state index is 11.0. The number of nitro benzene ring substituents is 1. The molecule has 0 heterocycles. The molecule has 5 nitrogen and oxygen atoms in total. The maximum atomic E-state index is 11.0. The van der Waals surface area contributed by atoms with Gasteiger partial charge in [0.1, 0.15) is 10.7 Å². The van der Waals surface area contributed by atoms with Crippen LogP contribution in [-0.4, -0.2) is 25.2 Å². The molecule has 0 amide bonds. The smallest absolute Gasteiger partial charge is 0.310 e. The standard InChI is InChI=1S/C13H17ClN2O3/c1-19-8-7-13(5-6-13)9-15-11-4-2-3-10(14)12(11)16(17)18/h2-4,15H,5-9H2,1H3. The van der Waals surface area contributed by atoms with Crippen molar-refractivity contribution >= 4 is 23.0 Å². The van der Waals surface area contributed by atoms with Crippen molar-refractivity contribution in [3.8, 4) is 0 Å². The van der Waals surface area contributed by atoms with Crippen molar-refractivity contribution in [2.45, 2.75) is 19.3 Å². The van der Waals surface area contributed by atoms with Gasteiger partial charge in [0.2, 0.25) is 0 Å². The van der Waals surface area contributed by atoms with E-state index in [0.29, 0.717) is 5.69 Å². The topological polar surface area (TPSA) is 64.4 Å². The number of nitrogens with one attached hydrogen (secondary N) is 1. The number of rotatable bonds is 7. The Balaban J connectivity index is 2.04. The van der Waals surface area contributed by atoms with E-state index in [4.69, 9.17) is 16.3 Å². The van der Waals surface area contributed by atoms with E-state index in [1.165, 1.54) is 6.07 Å². The molecule has 0 radical (unpaired) electrons. The van der Waals surface area contributed by atoms with E-state index in [9.17, 15) is 10.1 Å². The van der Waals surface area contributed by atoms with Crippen LogP contribution in [0.15, 0.2) is 18.2 Å². The number of halogens is 1. The first-order valence-corrected chi connectivity index (χ1v) is 6.61. The second-order valence-corrected chi connectivity index (χ2v) is 5.40. The molecule has 0 atom stereocenters. The van der Waals surface area contributed by atoms with Crippen LogP contribution in [0.2, 0.25) is 5.02 Å². The highest BCUT2D eigenvalue weighted by atomic mass is 35.5. The summed E-state index contributed by atoms with van der Waals surface area (Å²) in [6, 6.07) is 4.94. The van der Waals surface area contributed by atoms with Crippen molar-refractivity contribution in [3.63, 3.8) is 0 Å². The Bertz CT molecular complexity index is 475. The minimum Gasteiger partial charge on any atom is -0.385 e. The second kappa shape index (κ2) is 5.75. The summed E-state index contributed by atoms with van der Waals surface area (Å²) in [7, 11) is 1.69. The Kier molecular flexibility index (Phi) is 4.27. The highest BCUT2D eigenvalue weighted by Gasteiger charge is 2.42. The molecule has 104 valence electrons. The van der Waals surface area contributed by atoms with E-state index in [1.54, 1.807) is 19.2 Å². The monoisotopic (exact) mass is 284 g/mol. The summed E-state index contributed by atoms with van der Waals surface area (Å²) < 4.78 is 5.09. The number of nitrogens with zero attached hydrogens (tertiary/aromatic N) is 1. The van der Waals surface area contributed by atoms with Crippen molar-refractivity contribution < 1.29 is 9.66 Å². The van der Waals surface area contributed by atoms with Crippen LogP contribution in [0, 0.1) is 15.5 Å². The molecule has 0 saturated heterocycles. The van der Waals surface area contributed by atoms with Crippen LogP contribution in [0.4, 0.5) is 11.4 Å². The Morgan fingerprint density at radius 3 is 2.84 bits per heavy atom. The lowest BCUT2D eigenvalue weighted by Gasteiger charge is -2.16. The van der Waals surface area contributed by atoms with Gasteiger partial charge in [-0.1, -0.05) is 17.7 Å². The van der Waals surface area contributed by atoms with Crippen LogP contribution in [0.25, 0.3) is 0 Å². The zero-order valence-corrected chi connectivity index (χ0v) is 11.6. The van der Waals surface area contributed by atoms with Gasteiger partial charge < -0.3 is 10.1 Å². The van der Waals surface area contributed by atoms with Crippen molar-refractivity contribution in [2.75, 3.05) is 25.6 Å². The molecular weight excluding hydrogens is 268 g/mol. The molecule has 1 aromatic rings. The maximum Gasteiger partial charge on any atom is 0.310 e. The van der Waals surface area contributed by atoms with Gasteiger partial charge in [0.15, 0.2) is 0 Å². The van der Waals surface area contributed by atoms with Crippen molar-refractivity contribution in [3.05, 3.63) is 33.3 Å². The first-order valence-electron chi connectivity index (χ1n) is 6.24. The van der Waals surface area contributed by atoms with Gasteiger partial charge in [-0.25, -0.2) is 0 Å². The zero-order valence-electron chi connectivity index (χ0n) is 10.8. The average Bonchev–Trinajstić information content (AvgIpc) is 3.14. The number of hydrogen-bond acceptors (Lipinski definition) is 4. The summed E-state index contributed by atoms with van der Waals surface area (Å²) >= 11 is 5.87. The molecule has 2 rings (SSSR count). The van der Waals surface area contributed by atoms with Gasteiger partial charge in [-0.05, 0) is 36.8 Å². The van der Waals surface area contributed by atoms with E-state index in [2.05, 4.69) is 5.32 Å². The lowest BCUT2D eigenvalue weighted by atomic mass is 10.0. The number of nitro groups is 1. The van der Waals surface area contributed by atoms with Gasteiger partial charge in [0.25, 0.3) is 0 Å². The summed E-state index contributed by atoms with van der Waals surface area (Å²) in [5.41, 5.74) is 0.666. The SMILES string of the molecule is COCCC1(CNc2cccc(Cl)c2[N+](=O)[O-])CC1. The fourth-order valence-corrected chi connectivity index (χ4v) is 2.38. The third-order valence-corrected chi connectivity index (χ3v) is 3.92. The van der Waals surface area contributed by atoms with Crippen LogP contribution >= 0.6 is 11.6 Å². The third kappa shape index (κ3) is 3.36. The predicted molar refractivity (Wildman–Crippen MR) is 74.8 cm³/mol. The number of anilines is 1. The van der Waals surface area contributed by atoms with Crippen LogP contribution in [0.3, 0.4) is 0 Å². The fourth-order valence-electron chi connectivity index (χ4n) is 2.14. The Morgan fingerprint density at radius 2 is 2.26 bits per heavy atom. The molecule has 0 spiro atoms. The molecule has 1 aliphatic carbocycles. The molecule has 1 saturated carbocycles. The quantitative estimate of drug-likeness (QED) is 0.615. The molecular formula is C13H17ClN2O3. The number of methoxy groups -OCH3 is 1. The Hall–Kier alpha value is -1.33. The summed E-state index contributed by atoms with van der Waals surface area (Å²) in [5, 5.41) is 14.3. The molecule has 1 fully saturated rings. The van der Waals surface area contributed by atoms with Crippen LogP contribution in [-0.2, 0) is 4.74 Å². The third-order valence-electron chi connectivity index (χ3n) is 3.62. The largest absolute Gasteiger partial charge is 0.385 e. The second-order valence-electron chi connectivity index (χ2n) is 4.99. The van der Waals surface area contributed by atoms with Crippen molar-refractivity contribution in [1.29, 1.82) is 0 Å². The lowest BCUT2D eigenvalue weighted by molar-refractivity contribution is -0.383. The normalized spacial score (nSPS) is 16.1. The van der Waals surface area contributed by atoms with E-state index >= 15 is 0 Å². The molecule has 1 aromatic carbocycles. The molecule has 0 aliphatic heterocycles. The molecule has 0 bridgehead atoms. The molecule has 0 aromatic heterocycles. The number of ether oxygens (including phenoxy) is 1. The van der Waals surface area contributed by atoms with Gasteiger partial charge in [0.05, 0.1) is 4.92 Å². The number of benzene rings is 1. The van der Waals surface area contributed by atoms with E-state index in [1.807, 2.05) is 0 Å². The van der Waals surface area contributed by atoms with Crippen molar-refractivity contribution in [2.24, 2.45) is 5.41 Å². The van der Waals surface area contributed by atoms with E-state index in [0.717, 1.165) is 32.4 Å². The highest BCUT2D eigenvalue weighted by molar-refractivity contribution is 6.33. The predicted octanol–water partition coefficient (Wildman–Crippen LogP) is 3.48. The fraction of sp³-hybridized carbons (Fsp3) is 0.538. The van der Waals surface area contributed by atoms with Gasteiger partial charge in [-0.2, -0.15) is 0 Å². The molecule has 1 N–H and O–H groups in total. The average molecular weight is 285 g/mol. The number of para-hydroxylation sites is 1. The van der Waals surface area contributed by atoms with E-state index in [-0.39, 0.29) is 16.1 Å². The molecule has 1 aliphatic rings. The van der Waals surface area contributed by atoms with Crippen LogP contribution in [0.1, 0.15) is 19.3 Å². The van der Waals surface area contributed by atoms with Crippen molar-refractivity contribution in [1.82, 2.24) is 0 Å². The Labute approximate surface area is 117 Å². The minimum atomic E-state index is -0.445. The summed E-state index contributed by atoms with van der Waals surface area (Å²) in [6.45, 7) is 1.44. The minimum absolute atomic E-state index is 0.0493. The molecule has 6 heteroatoms. The lowest BCUT2D eigenvalue weighted by Crippen LogP contribution is -2.17. The summed E-state index contributed by atoms with van der Waals surface area (Å²) in [6.07, 6.45) is 3.25. The van der Waals surface area contributed by atoms with Gasteiger partial charge in [-0.15, -0.1) is 0 Å². The van der Waals surface area contributed by atoms with E-state index < -0.39 is 4.92 Å². The molecule has 0 unspecified atom stereocenters. The first kappa shape index (κ1) is 14.1. The molecule has 19 heavy (non-hydrogen) atoms. The van der Waals surface area contributed by atoms with Crippen LogP contribution in [0.5, 0.6) is 0 Å². The van der Waals surface area contributed by atoms with Crippen LogP contribution < -0.4 is 5.32 Å². The zero-order chi connectivity index (χ0) is 13.9. The summed E-state index contributed by atoms with van der Waals surface area (Å²) in [5.74, 6) is 0. The van der Waals surface area contributed by atoms with Gasteiger partial charge in [-0.3, -0.25) is 10.1 Å². The Morgan fingerprint density at radius 1 is 1.53 bits per heavy atom. The summed E-state index contributed by atoms with van der Waals surface area (Å²) in [4.78, 5) is 10.6. The number of hydrogen-bond donors (Lipinski definition) is 1.